The van der Waals surface area contributed by atoms with Crippen molar-refractivity contribution < 1.29 is 19.7 Å². The average Bonchev–Trinajstić information content (AvgIpc) is 2.75. The lowest BCUT2D eigenvalue weighted by Crippen LogP contribution is -2.64. The third-order valence-electron chi connectivity index (χ3n) is 7.60. The molecule has 4 rings (SSSR count). The van der Waals surface area contributed by atoms with Crippen LogP contribution in [-0.4, -0.2) is 34.0 Å². The van der Waals surface area contributed by atoms with E-state index in [9.17, 15) is 15.0 Å². The highest BCUT2D eigenvalue weighted by Crippen LogP contribution is 2.65. The van der Waals surface area contributed by atoms with Crippen molar-refractivity contribution >= 4 is 5.97 Å². The van der Waals surface area contributed by atoms with Crippen molar-refractivity contribution in [2.75, 3.05) is 0 Å². The zero-order chi connectivity index (χ0) is 17.5. The first-order chi connectivity index (χ1) is 11.1. The number of hydrogen-bond acceptors (Lipinski definition) is 4. The highest BCUT2D eigenvalue weighted by Gasteiger charge is 2.65. The summed E-state index contributed by atoms with van der Waals surface area (Å²) >= 11 is 0. The van der Waals surface area contributed by atoms with Crippen LogP contribution < -0.4 is 0 Å². The Labute approximate surface area is 143 Å². The van der Waals surface area contributed by atoms with Gasteiger partial charge in [0.2, 0.25) is 0 Å². The van der Waals surface area contributed by atoms with Gasteiger partial charge in [0.15, 0.2) is 0 Å². The van der Waals surface area contributed by atoms with Gasteiger partial charge in [-0.15, -0.1) is 0 Å². The molecule has 1 aliphatic heterocycles. The topological polar surface area (TPSA) is 66.8 Å². The van der Waals surface area contributed by atoms with Crippen molar-refractivity contribution in [2.24, 2.45) is 16.7 Å². The van der Waals surface area contributed by atoms with E-state index in [1.54, 1.807) is 6.92 Å². The molecule has 0 bridgehead atoms. The van der Waals surface area contributed by atoms with Gasteiger partial charge in [-0.25, -0.2) is 4.79 Å². The lowest BCUT2D eigenvalue weighted by Gasteiger charge is -2.63. The molecule has 24 heavy (non-hydrogen) atoms. The summed E-state index contributed by atoms with van der Waals surface area (Å²) < 4.78 is 5.50. The maximum absolute atomic E-state index is 11.9. The van der Waals surface area contributed by atoms with Crippen molar-refractivity contribution in [2.45, 2.75) is 77.6 Å². The Balaban J connectivity index is 1.86. The third kappa shape index (κ3) is 1.84. The first kappa shape index (κ1) is 16.3. The summed E-state index contributed by atoms with van der Waals surface area (Å²) in [4.78, 5) is 11.9. The van der Waals surface area contributed by atoms with E-state index in [4.69, 9.17) is 4.74 Å². The molecule has 2 saturated carbocycles. The molecule has 0 unspecified atom stereocenters. The Bertz CT molecular complexity index is 673. The van der Waals surface area contributed by atoms with E-state index in [2.05, 4.69) is 20.8 Å². The van der Waals surface area contributed by atoms with Crippen LogP contribution in [0.25, 0.3) is 0 Å². The molecule has 3 aliphatic carbocycles. The van der Waals surface area contributed by atoms with Gasteiger partial charge >= 0.3 is 5.97 Å². The summed E-state index contributed by atoms with van der Waals surface area (Å²) in [6, 6.07) is 0. The second-order valence-corrected chi connectivity index (χ2v) is 9.20. The molecule has 132 valence electrons. The Morgan fingerprint density at radius 3 is 2.67 bits per heavy atom. The van der Waals surface area contributed by atoms with E-state index in [0.29, 0.717) is 24.0 Å². The lowest BCUT2D eigenvalue weighted by atomic mass is 9.43. The molecule has 0 amide bonds. The molecule has 0 aromatic carbocycles. The summed E-state index contributed by atoms with van der Waals surface area (Å²) in [6.07, 6.45) is 5.04. The monoisotopic (exact) mass is 332 g/mol. The molecule has 1 heterocycles. The number of carbonyl (C=O) groups excluding carboxylic acids is 1. The molecule has 4 nitrogen and oxygen atoms in total. The van der Waals surface area contributed by atoms with Crippen LogP contribution in [0.2, 0.25) is 0 Å². The molecule has 5 atom stereocenters. The zero-order valence-corrected chi connectivity index (χ0v) is 15.1. The van der Waals surface area contributed by atoms with E-state index in [1.807, 2.05) is 6.08 Å². The quantitative estimate of drug-likeness (QED) is 0.670. The molecule has 0 radical (unpaired) electrons. The number of hydrogen-bond donors (Lipinski definition) is 2. The number of aliphatic hydroxyl groups excluding tert-OH is 1. The Morgan fingerprint density at radius 2 is 1.96 bits per heavy atom. The van der Waals surface area contributed by atoms with Gasteiger partial charge in [-0.1, -0.05) is 33.3 Å². The molecular weight excluding hydrogens is 304 g/mol. The van der Waals surface area contributed by atoms with E-state index < -0.39 is 11.7 Å². The van der Waals surface area contributed by atoms with Gasteiger partial charge in [-0.05, 0) is 43.1 Å². The molecule has 4 heteroatoms. The smallest absolute Gasteiger partial charge is 0.334 e. The molecule has 0 spiro atoms. The maximum Gasteiger partial charge on any atom is 0.334 e. The van der Waals surface area contributed by atoms with Crippen molar-refractivity contribution in [3.8, 4) is 0 Å². The normalized spacial score (nSPS) is 46.7. The Hall–Kier alpha value is -1.13. The largest absolute Gasteiger partial charge is 0.454 e. The van der Waals surface area contributed by atoms with E-state index in [1.165, 1.54) is 0 Å². The van der Waals surface area contributed by atoms with Crippen molar-refractivity contribution in [3.05, 3.63) is 22.8 Å². The number of aliphatic hydroxyl groups is 2. The van der Waals surface area contributed by atoms with Gasteiger partial charge in [0, 0.05) is 23.0 Å². The molecular formula is C20H28O4. The number of ether oxygens (including phenoxy) is 1. The minimum absolute atomic E-state index is 0.0909. The summed E-state index contributed by atoms with van der Waals surface area (Å²) in [5, 5.41) is 22.7. The number of fused-ring (bicyclic) bond motifs is 4. The fourth-order valence-electron chi connectivity index (χ4n) is 6.15. The van der Waals surface area contributed by atoms with E-state index in [-0.39, 0.29) is 28.8 Å². The van der Waals surface area contributed by atoms with E-state index >= 15 is 0 Å². The second-order valence-electron chi connectivity index (χ2n) is 9.20. The first-order valence-corrected chi connectivity index (χ1v) is 9.14. The van der Waals surface area contributed by atoms with Gasteiger partial charge in [0.1, 0.15) is 6.10 Å². The van der Waals surface area contributed by atoms with E-state index in [0.717, 1.165) is 24.8 Å². The molecule has 2 N–H and O–H groups in total. The Kier molecular flexibility index (Phi) is 3.22. The molecule has 0 saturated heterocycles. The second kappa shape index (κ2) is 4.73. The summed E-state index contributed by atoms with van der Waals surface area (Å²) in [7, 11) is 0. The predicted molar refractivity (Wildman–Crippen MR) is 90.1 cm³/mol. The standard InChI is InChI=1S/C20H28O4/c1-11-12-8-13-14(21)9-16-18(2,3)6-5-7-19(16,4)20(13,23)10-15(12)24-17(11)22/h8,14-16,21,23H,5-7,9-10H2,1-4H3/t14-,15+,16-,19+,20-/m0/s1. The summed E-state index contributed by atoms with van der Waals surface area (Å²) in [5.74, 6) is -0.0473. The number of esters is 1. The lowest BCUT2D eigenvalue weighted by molar-refractivity contribution is -0.188. The number of carbonyl (C=O) groups is 1. The van der Waals surface area contributed by atoms with Crippen LogP contribution in [0.1, 0.15) is 59.8 Å². The van der Waals surface area contributed by atoms with Crippen LogP contribution in [0.5, 0.6) is 0 Å². The minimum atomic E-state index is -1.11. The molecule has 4 aliphatic rings. The fourth-order valence-corrected chi connectivity index (χ4v) is 6.15. The van der Waals surface area contributed by atoms with Crippen molar-refractivity contribution in [1.82, 2.24) is 0 Å². The van der Waals surface area contributed by atoms with Crippen LogP contribution in [0, 0.1) is 16.7 Å². The first-order valence-electron chi connectivity index (χ1n) is 9.14. The molecule has 2 fully saturated rings. The molecule has 0 aromatic rings. The predicted octanol–water partition coefficient (Wildman–Crippen LogP) is 2.89. The highest BCUT2D eigenvalue weighted by molar-refractivity contribution is 5.92. The van der Waals surface area contributed by atoms with Crippen molar-refractivity contribution in [1.29, 1.82) is 0 Å². The van der Waals surface area contributed by atoms with Crippen LogP contribution >= 0.6 is 0 Å². The number of rotatable bonds is 0. The highest BCUT2D eigenvalue weighted by atomic mass is 16.5. The average molecular weight is 332 g/mol. The minimum Gasteiger partial charge on any atom is -0.454 e. The van der Waals surface area contributed by atoms with Crippen LogP contribution in [0.15, 0.2) is 22.8 Å². The van der Waals surface area contributed by atoms with Crippen LogP contribution in [0.4, 0.5) is 0 Å². The van der Waals surface area contributed by atoms with Gasteiger partial charge in [0.25, 0.3) is 0 Å². The van der Waals surface area contributed by atoms with Gasteiger partial charge in [-0.3, -0.25) is 0 Å². The zero-order valence-electron chi connectivity index (χ0n) is 15.1. The van der Waals surface area contributed by atoms with Gasteiger partial charge in [0.05, 0.1) is 11.7 Å². The van der Waals surface area contributed by atoms with Crippen molar-refractivity contribution in [3.63, 3.8) is 0 Å². The Morgan fingerprint density at radius 1 is 1.25 bits per heavy atom. The maximum atomic E-state index is 11.9. The summed E-state index contributed by atoms with van der Waals surface area (Å²) in [6.45, 7) is 8.46. The molecule has 0 aromatic heterocycles. The fraction of sp³-hybridized carbons (Fsp3) is 0.750. The SMILES string of the molecule is CC1=C2C=C3[C@@H](O)C[C@H]4C(C)(C)CCC[C@@]4(C)[C@]3(O)C[C@H]2OC1=O. The van der Waals surface area contributed by atoms with Crippen LogP contribution in [-0.2, 0) is 9.53 Å². The van der Waals surface area contributed by atoms with Gasteiger partial charge < -0.3 is 14.9 Å². The third-order valence-corrected chi connectivity index (χ3v) is 7.60. The van der Waals surface area contributed by atoms with Gasteiger partial charge in [-0.2, -0.15) is 0 Å². The van der Waals surface area contributed by atoms with Crippen LogP contribution in [0.3, 0.4) is 0 Å². The summed E-state index contributed by atoms with van der Waals surface area (Å²) in [5.41, 5.74) is 0.838.